The molecule has 0 aliphatic heterocycles. The molecule has 18 heavy (non-hydrogen) atoms. The molecule has 0 saturated carbocycles. The number of hydrogen-bond donors (Lipinski definition) is 0. The fourth-order valence-corrected chi connectivity index (χ4v) is 1.55. The van der Waals surface area contributed by atoms with E-state index in [1.54, 1.807) is 0 Å². The van der Waals surface area contributed by atoms with E-state index in [9.17, 15) is 4.79 Å². The lowest BCUT2D eigenvalue weighted by Crippen LogP contribution is -2.00. The molecule has 1 aromatic heterocycles. The fraction of sp³-hybridized carbons (Fsp3) is 0.308. The molecule has 2 rings (SSSR count). The number of benzene rings is 1. The van der Waals surface area contributed by atoms with Gasteiger partial charge < -0.3 is 9.26 Å². The molecular formula is C13H14N2O3. The Labute approximate surface area is 105 Å². The summed E-state index contributed by atoms with van der Waals surface area (Å²) < 4.78 is 9.68. The van der Waals surface area contributed by atoms with E-state index in [1.165, 1.54) is 7.11 Å². The molecular weight excluding hydrogens is 232 g/mol. The van der Waals surface area contributed by atoms with Crippen molar-refractivity contribution in [3.05, 3.63) is 36.2 Å². The van der Waals surface area contributed by atoms with Crippen molar-refractivity contribution >= 4 is 5.97 Å². The first-order chi connectivity index (χ1) is 8.79. The summed E-state index contributed by atoms with van der Waals surface area (Å²) in [5.41, 5.74) is 0.917. The van der Waals surface area contributed by atoms with Gasteiger partial charge in [-0.2, -0.15) is 4.98 Å². The molecule has 0 fully saturated rings. The van der Waals surface area contributed by atoms with Crippen molar-refractivity contribution in [1.82, 2.24) is 10.1 Å². The lowest BCUT2D eigenvalue weighted by Gasteiger charge is -1.95. The monoisotopic (exact) mass is 246 g/mol. The van der Waals surface area contributed by atoms with Crippen LogP contribution in [0.3, 0.4) is 0 Å². The standard InChI is InChI=1S/C13H14N2O3/c1-17-12(16)9-5-8-11-14-13(15-18-11)10-6-3-2-4-7-10/h2-4,6-7H,5,8-9H2,1H3. The fourth-order valence-electron chi connectivity index (χ4n) is 1.55. The lowest BCUT2D eigenvalue weighted by molar-refractivity contribution is -0.140. The van der Waals surface area contributed by atoms with E-state index in [4.69, 9.17) is 4.52 Å². The average molecular weight is 246 g/mol. The quantitative estimate of drug-likeness (QED) is 0.757. The maximum absolute atomic E-state index is 10.9. The van der Waals surface area contributed by atoms with Crippen LogP contribution < -0.4 is 0 Å². The number of methoxy groups -OCH3 is 1. The zero-order chi connectivity index (χ0) is 12.8. The summed E-state index contributed by atoms with van der Waals surface area (Å²) in [4.78, 5) is 15.2. The van der Waals surface area contributed by atoms with E-state index < -0.39 is 0 Å². The number of rotatable bonds is 5. The molecule has 1 aromatic carbocycles. The molecule has 94 valence electrons. The van der Waals surface area contributed by atoms with Gasteiger partial charge in [0.2, 0.25) is 11.7 Å². The van der Waals surface area contributed by atoms with Gasteiger partial charge in [0, 0.05) is 18.4 Å². The van der Waals surface area contributed by atoms with Crippen LogP contribution >= 0.6 is 0 Å². The summed E-state index contributed by atoms with van der Waals surface area (Å²) in [6, 6.07) is 9.61. The third kappa shape index (κ3) is 3.16. The average Bonchev–Trinajstić information content (AvgIpc) is 2.88. The molecule has 0 saturated heterocycles. The first-order valence-electron chi connectivity index (χ1n) is 5.74. The van der Waals surface area contributed by atoms with Crippen molar-refractivity contribution < 1.29 is 14.1 Å². The van der Waals surface area contributed by atoms with E-state index in [0.717, 1.165) is 5.56 Å². The Bertz CT molecular complexity index is 508. The maximum atomic E-state index is 10.9. The third-order valence-electron chi connectivity index (χ3n) is 2.50. The first-order valence-corrected chi connectivity index (χ1v) is 5.74. The number of hydrogen-bond acceptors (Lipinski definition) is 5. The Morgan fingerprint density at radius 2 is 2.11 bits per heavy atom. The second-order valence-electron chi connectivity index (χ2n) is 3.81. The number of nitrogens with zero attached hydrogens (tertiary/aromatic N) is 2. The molecule has 0 atom stereocenters. The minimum absolute atomic E-state index is 0.224. The normalized spacial score (nSPS) is 10.3. The van der Waals surface area contributed by atoms with Gasteiger partial charge in [-0.05, 0) is 6.42 Å². The predicted octanol–water partition coefficient (Wildman–Crippen LogP) is 2.23. The highest BCUT2D eigenvalue weighted by Gasteiger charge is 2.09. The van der Waals surface area contributed by atoms with E-state index in [1.807, 2.05) is 30.3 Å². The number of ether oxygens (including phenoxy) is 1. The minimum Gasteiger partial charge on any atom is -0.469 e. The Morgan fingerprint density at radius 1 is 1.33 bits per heavy atom. The summed E-state index contributed by atoms with van der Waals surface area (Å²) in [6.45, 7) is 0. The van der Waals surface area contributed by atoms with Crippen LogP contribution in [0.1, 0.15) is 18.7 Å². The van der Waals surface area contributed by atoms with Crippen molar-refractivity contribution in [3.63, 3.8) is 0 Å². The summed E-state index contributed by atoms with van der Waals surface area (Å²) in [5, 5.41) is 3.90. The minimum atomic E-state index is -0.224. The second-order valence-corrected chi connectivity index (χ2v) is 3.81. The van der Waals surface area contributed by atoms with Crippen LogP contribution in [0.4, 0.5) is 0 Å². The maximum Gasteiger partial charge on any atom is 0.305 e. The Balaban J connectivity index is 1.93. The topological polar surface area (TPSA) is 65.2 Å². The summed E-state index contributed by atoms with van der Waals surface area (Å²) in [6.07, 6.45) is 1.58. The van der Waals surface area contributed by atoms with Gasteiger partial charge >= 0.3 is 5.97 Å². The zero-order valence-electron chi connectivity index (χ0n) is 10.1. The van der Waals surface area contributed by atoms with Crippen molar-refractivity contribution in [2.45, 2.75) is 19.3 Å². The third-order valence-corrected chi connectivity index (χ3v) is 2.50. The molecule has 0 amide bonds. The molecule has 0 N–H and O–H groups in total. The first kappa shape index (κ1) is 12.3. The van der Waals surface area contributed by atoms with Gasteiger partial charge in [0.25, 0.3) is 0 Å². The lowest BCUT2D eigenvalue weighted by atomic mass is 10.2. The zero-order valence-corrected chi connectivity index (χ0v) is 10.1. The molecule has 2 aromatic rings. The van der Waals surface area contributed by atoms with Crippen molar-refractivity contribution in [3.8, 4) is 11.4 Å². The molecule has 1 heterocycles. The number of aryl methyl sites for hydroxylation is 1. The van der Waals surface area contributed by atoms with Crippen LogP contribution in [0.2, 0.25) is 0 Å². The number of carbonyl (C=O) groups excluding carboxylic acids is 1. The van der Waals surface area contributed by atoms with Gasteiger partial charge in [-0.3, -0.25) is 4.79 Å². The molecule has 0 aliphatic carbocycles. The second kappa shape index (κ2) is 5.95. The largest absolute Gasteiger partial charge is 0.469 e. The Hall–Kier alpha value is -2.17. The molecule has 5 heteroatoms. The van der Waals surface area contributed by atoms with E-state index >= 15 is 0 Å². The van der Waals surface area contributed by atoms with Gasteiger partial charge in [0.05, 0.1) is 7.11 Å². The van der Waals surface area contributed by atoms with Gasteiger partial charge in [0.15, 0.2) is 0 Å². The molecule has 0 radical (unpaired) electrons. The Morgan fingerprint density at radius 3 is 2.83 bits per heavy atom. The molecule has 0 unspecified atom stereocenters. The van der Waals surface area contributed by atoms with E-state index in [2.05, 4.69) is 14.9 Å². The van der Waals surface area contributed by atoms with Crippen LogP contribution in [-0.2, 0) is 16.0 Å². The molecule has 0 spiro atoms. The van der Waals surface area contributed by atoms with E-state index in [0.29, 0.717) is 31.0 Å². The van der Waals surface area contributed by atoms with Crippen LogP contribution in [0.25, 0.3) is 11.4 Å². The highest BCUT2D eigenvalue weighted by atomic mass is 16.5. The van der Waals surface area contributed by atoms with Crippen LogP contribution in [0.15, 0.2) is 34.9 Å². The number of carbonyl (C=O) groups is 1. The van der Waals surface area contributed by atoms with Gasteiger partial charge in [-0.1, -0.05) is 35.5 Å². The highest BCUT2D eigenvalue weighted by molar-refractivity contribution is 5.69. The van der Waals surface area contributed by atoms with Crippen molar-refractivity contribution in [2.24, 2.45) is 0 Å². The number of aromatic nitrogens is 2. The van der Waals surface area contributed by atoms with Gasteiger partial charge in [-0.25, -0.2) is 0 Å². The van der Waals surface area contributed by atoms with Crippen molar-refractivity contribution in [1.29, 1.82) is 0 Å². The van der Waals surface area contributed by atoms with E-state index in [-0.39, 0.29) is 5.97 Å². The van der Waals surface area contributed by atoms with Crippen molar-refractivity contribution in [2.75, 3.05) is 7.11 Å². The van der Waals surface area contributed by atoms with Crippen LogP contribution in [-0.4, -0.2) is 23.2 Å². The van der Waals surface area contributed by atoms with Crippen LogP contribution in [0.5, 0.6) is 0 Å². The highest BCUT2D eigenvalue weighted by Crippen LogP contribution is 2.15. The number of esters is 1. The SMILES string of the molecule is COC(=O)CCCc1nc(-c2ccccc2)no1. The molecule has 0 bridgehead atoms. The molecule has 0 aliphatic rings. The molecule has 5 nitrogen and oxygen atoms in total. The predicted molar refractivity (Wildman–Crippen MR) is 64.7 cm³/mol. The summed E-state index contributed by atoms with van der Waals surface area (Å²) in [5.74, 6) is 0.888. The van der Waals surface area contributed by atoms with Crippen LogP contribution in [0, 0.1) is 0 Å². The Kier molecular flexibility index (Phi) is 4.06. The smallest absolute Gasteiger partial charge is 0.305 e. The summed E-state index contributed by atoms with van der Waals surface area (Å²) in [7, 11) is 1.38. The van der Waals surface area contributed by atoms with Gasteiger partial charge in [0.1, 0.15) is 0 Å². The summed E-state index contributed by atoms with van der Waals surface area (Å²) >= 11 is 0. The van der Waals surface area contributed by atoms with Gasteiger partial charge in [-0.15, -0.1) is 0 Å².